The molecule has 0 spiro atoms. The number of hydrogen-bond donors (Lipinski definition) is 5. The van der Waals surface area contributed by atoms with E-state index in [0.717, 1.165) is 20.3 Å². The summed E-state index contributed by atoms with van der Waals surface area (Å²) >= 11 is 3.58. The predicted molar refractivity (Wildman–Crippen MR) is 287 cm³/mol. The number of imide groups is 1. The lowest BCUT2D eigenvalue weighted by Crippen LogP contribution is -2.54. The Balaban J connectivity index is 0.893. The number of fused-ring (bicyclic) bond motifs is 5. The van der Waals surface area contributed by atoms with Gasteiger partial charge in [-0.1, -0.05) is 61.3 Å². The minimum Gasteiger partial charge on any atom is -0.457 e. The Morgan fingerprint density at radius 3 is 2.27 bits per heavy atom. The normalized spacial score (nSPS) is 15.9. The molecule has 0 aliphatic carbocycles. The molecule has 23 nitrogen and oxygen atoms in total. The van der Waals surface area contributed by atoms with Gasteiger partial charge in [0.15, 0.2) is 0 Å². The van der Waals surface area contributed by atoms with Gasteiger partial charge in [-0.25, -0.2) is 24.2 Å². The molecule has 0 bridgehead atoms. The van der Waals surface area contributed by atoms with Gasteiger partial charge in [-0.05, 0) is 80.0 Å². The van der Waals surface area contributed by atoms with E-state index >= 15 is 0 Å². The van der Waals surface area contributed by atoms with Crippen LogP contribution < -0.4 is 32.6 Å². The van der Waals surface area contributed by atoms with E-state index in [1.54, 1.807) is 55.7 Å². The summed E-state index contributed by atoms with van der Waals surface area (Å²) in [6.45, 7) is 5.31. The largest absolute Gasteiger partial charge is 0.457 e. The fourth-order valence-electron chi connectivity index (χ4n) is 9.21. The summed E-state index contributed by atoms with van der Waals surface area (Å²) in [5.74, 6) is -3.46. The first kappa shape index (κ1) is 57.6. The van der Waals surface area contributed by atoms with Crippen LogP contribution in [0, 0.1) is 5.92 Å². The molecule has 0 saturated carbocycles. The number of aromatic nitrogens is 2. The zero-order chi connectivity index (χ0) is 56.4. The number of primary amides is 1. The van der Waals surface area contributed by atoms with Crippen LogP contribution >= 0.6 is 15.9 Å². The van der Waals surface area contributed by atoms with Gasteiger partial charge in [-0.15, -0.1) is 0 Å². The smallest absolute Gasteiger partial charge is 0.411 e. The highest BCUT2D eigenvalue weighted by molar-refractivity contribution is 9.10. The van der Waals surface area contributed by atoms with Crippen molar-refractivity contribution in [2.75, 3.05) is 45.6 Å². The fraction of sp³-hybridized carbons (Fsp3) is 0.426. The van der Waals surface area contributed by atoms with Gasteiger partial charge in [-0.3, -0.25) is 33.7 Å². The van der Waals surface area contributed by atoms with E-state index in [1.807, 2.05) is 24.3 Å². The molecule has 0 saturated heterocycles. The summed E-state index contributed by atoms with van der Waals surface area (Å²) in [5.41, 5.74) is 6.83. The number of rotatable bonds is 23. The molecule has 414 valence electrons. The third kappa shape index (κ3) is 13.3. The van der Waals surface area contributed by atoms with Crippen molar-refractivity contribution in [2.45, 2.75) is 103 Å². The van der Waals surface area contributed by atoms with Crippen LogP contribution in [-0.4, -0.2) is 130 Å². The van der Waals surface area contributed by atoms with Gasteiger partial charge >= 0.3 is 24.2 Å². The zero-order valence-electron chi connectivity index (χ0n) is 44.0. The second-order valence-electron chi connectivity index (χ2n) is 19.6. The van der Waals surface area contributed by atoms with Gasteiger partial charge in [0.05, 0.1) is 29.0 Å². The highest BCUT2D eigenvalue weighted by Gasteiger charge is 2.51. The Morgan fingerprint density at radius 1 is 0.885 bits per heavy atom. The average Bonchev–Trinajstić information content (AvgIpc) is 4.07. The third-order valence-electron chi connectivity index (χ3n) is 13.8. The lowest BCUT2D eigenvalue weighted by Gasteiger charge is -2.36. The summed E-state index contributed by atoms with van der Waals surface area (Å²) in [7, 11) is 2.92. The van der Waals surface area contributed by atoms with E-state index in [-0.39, 0.29) is 112 Å². The molecule has 3 aliphatic rings. The minimum atomic E-state index is -1.94. The second kappa shape index (κ2) is 25.3. The van der Waals surface area contributed by atoms with Gasteiger partial charge < -0.3 is 55.6 Å². The Morgan fingerprint density at radius 2 is 1.59 bits per heavy atom. The first-order valence-corrected chi connectivity index (χ1v) is 26.4. The van der Waals surface area contributed by atoms with Crippen LogP contribution in [0.15, 0.2) is 76.0 Å². The highest BCUT2D eigenvalue weighted by atomic mass is 79.9. The van der Waals surface area contributed by atoms with Crippen LogP contribution in [0.3, 0.4) is 0 Å². The van der Waals surface area contributed by atoms with Crippen molar-refractivity contribution in [1.29, 1.82) is 0 Å². The molecule has 4 aromatic rings. The van der Waals surface area contributed by atoms with Crippen molar-refractivity contribution < 1.29 is 57.4 Å². The number of carbonyl (C=O) groups excluding carboxylic acids is 9. The summed E-state index contributed by atoms with van der Waals surface area (Å²) < 4.78 is 19.4. The number of unbranched alkanes of at least 4 members (excludes halogenated alkanes) is 2. The monoisotopic (exact) mass is 1140 g/mol. The van der Waals surface area contributed by atoms with Gasteiger partial charge in [0.25, 0.3) is 17.4 Å². The van der Waals surface area contributed by atoms with Gasteiger partial charge in [0.1, 0.15) is 25.3 Å². The molecular formula is C54H63BrN10O13. The maximum absolute atomic E-state index is 14.0. The van der Waals surface area contributed by atoms with Gasteiger partial charge in [0, 0.05) is 85.5 Å². The number of benzene rings is 2. The highest BCUT2D eigenvalue weighted by Crippen LogP contribution is 2.41. The number of likely N-dealkylation sites (N-methyl/N-ethyl adjacent to an activating group) is 2. The number of ether oxygens (including phenoxy) is 3. The number of esters is 1. The SMILES string of the molecule is CCC1(OC(=O)N(C)CCN(C)C(=O)OCc2ccc(NC(=O)C(CCCNC(N)=O)NC(=O)C(NC(=O)CCCCCN3C(=O)C=CC3=O)C(C)C)cc2)C(=O)OCc2c1cc1n(c2=O)Cc2cc3c(Br)cccc3nc2-1. The predicted octanol–water partition coefficient (Wildman–Crippen LogP) is 4.68. The number of nitrogens with zero attached hydrogens (tertiary/aromatic N) is 5. The van der Waals surface area contributed by atoms with Crippen molar-refractivity contribution in [3.63, 3.8) is 0 Å². The number of nitrogens with two attached hydrogens (primary N) is 1. The Hall–Kier alpha value is -8.15. The molecule has 5 heterocycles. The molecular weight excluding hydrogens is 1080 g/mol. The van der Waals surface area contributed by atoms with Crippen LogP contribution in [0.25, 0.3) is 22.3 Å². The Bertz CT molecular complexity index is 3090. The summed E-state index contributed by atoms with van der Waals surface area (Å²) in [6, 6.07) is 12.9. The van der Waals surface area contributed by atoms with E-state index in [1.165, 1.54) is 36.0 Å². The molecule has 3 unspecified atom stereocenters. The van der Waals surface area contributed by atoms with Crippen molar-refractivity contribution in [1.82, 2.24) is 40.2 Å². The van der Waals surface area contributed by atoms with Crippen molar-refractivity contribution in [3.05, 3.63) is 104 Å². The fourth-order valence-corrected chi connectivity index (χ4v) is 9.68. The molecule has 3 aliphatic heterocycles. The molecule has 6 N–H and O–H groups in total. The maximum atomic E-state index is 14.0. The van der Waals surface area contributed by atoms with Crippen molar-refractivity contribution in [2.24, 2.45) is 11.7 Å². The summed E-state index contributed by atoms with van der Waals surface area (Å²) in [5, 5.41) is 11.6. The maximum Gasteiger partial charge on any atom is 0.411 e. The molecule has 9 amide bonds. The molecule has 3 atom stereocenters. The number of urea groups is 1. The number of amides is 9. The topological polar surface area (TPSA) is 300 Å². The summed E-state index contributed by atoms with van der Waals surface area (Å²) in [6.07, 6.45) is 2.79. The Kier molecular flexibility index (Phi) is 18.7. The van der Waals surface area contributed by atoms with E-state index < -0.39 is 53.7 Å². The molecule has 2 aromatic carbocycles. The van der Waals surface area contributed by atoms with E-state index in [4.69, 9.17) is 24.9 Å². The van der Waals surface area contributed by atoms with Crippen LogP contribution in [0.4, 0.5) is 20.1 Å². The van der Waals surface area contributed by atoms with Crippen molar-refractivity contribution in [3.8, 4) is 11.4 Å². The first-order chi connectivity index (χ1) is 37.2. The molecule has 0 radical (unpaired) electrons. The van der Waals surface area contributed by atoms with Crippen LogP contribution in [0.2, 0.25) is 0 Å². The molecule has 24 heteroatoms. The van der Waals surface area contributed by atoms with Crippen LogP contribution in [0.5, 0.6) is 0 Å². The quantitative estimate of drug-likeness (QED) is 0.0257. The molecule has 7 rings (SSSR count). The van der Waals surface area contributed by atoms with E-state index in [0.29, 0.717) is 47.4 Å². The van der Waals surface area contributed by atoms with Crippen LogP contribution in [0.1, 0.15) is 88.0 Å². The van der Waals surface area contributed by atoms with Gasteiger partial charge in [-0.2, -0.15) is 0 Å². The van der Waals surface area contributed by atoms with E-state index in [9.17, 15) is 47.9 Å². The average molecular weight is 1140 g/mol. The zero-order valence-corrected chi connectivity index (χ0v) is 45.6. The first-order valence-electron chi connectivity index (χ1n) is 25.6. The molecule has 78 heavy (non-hydrogen) atoms. The van der Waals surface area contributed by atoms with E-state index in [2.05, 4.69) is 37.2 Å². The second-order valence-corrected chi connectivity index (χ2v) is 20.4. The minimum absolute atomic E-state index is 0.00460. The van der Waals surface area contributed by atoms with Crippen LogP contribution in [-0.2, 0) is 68.3 Å². The third-order valence-corrected chi connectivity index (χ3v) is 14.5. The number of halogens is 1. The lowest BCUT2D eigenvalue weighted by atomic mass is 9.85. The number of hydrogen-bond acceptors (Lipinski definition) is 14. The summed E-state index contributed by atoms with van der Waals surface area (Å²) in [4.78, 5) is 138. The number of nitrogens with one attached hydrogen (secondary N) is 4. The standard InChI is InChI=1S/C54H63BrN10O13/c1-6-54(37-27-41-46-33(26-35-38(55)12-10-13-39(35)59-46)28-65(41)49(71)36(37)30-76-50(54)72)78-53(75)63(5)25-24-62(4)52(74)77-29-32-16-18-34(19-17-32)58-47(69)40(14-11-22-57-51(56)73)60-48(70)45(31(2)3)61-42(66)15-8-7-9-23-64-43(67)20-21-44(64)68/h10,12-13,16-21,26-27,31,40,45H,6-9,11,14-15,22-25,28-30H2,1-5H3,(H,58,69)(H,60,70)(H,61,66)(H3,56,57,73). The number of carbonyl (C=O) groups is 9. The lowest BCUT2D eigenvalue weighted by molar-refractivity contribution is -0.173. The number of cyclic esters (lactones) is 1. The molecule has 2 aromatic heterocycles. The van der Waals surface area contributed by atoms with Gasteiger partial charge in [0.2, 0.25) is 23.3 Å². The van der Waals surface area contributed by atoms with Crippen molar-refractivity contribution >= 4 is 86.2 Å². The number of pyridine rings is 2. The number of anilines is 1. The Labute approximate surface area is 457 Å². The molecule has 0 fully saturated rings.